The van der Waals surface area contributed by atoms with Crippen LogP contribution < -0.4 is 5.32 Å². The van der Waals surface area contributed by atoms with Crippen LogP contribution in [0.25, 0.3) is 0 Å². The summed E-state index contributed by atoms with van der Waals surface area (Å²) in [5.74, 6) is 0.377. The Bertz CT molecular complexity index is 594. The molecule has 2 N–H and O–H groups in total. The maximum Gasteiger partial charge on any atom is 0.115 e. The first-order chi connectivity index (χ1) is 10.3. The molecule has 0 saturated heterocycles. The second-order valence-electron chi connectivity index (χ2n) is 5.89. The SMILES string of the molecule is CCCC(NC1CCc2cc(O)ccc21)c1ccccc1. The lowest BCUT2D eigenvalue weighted by molar-refractivity contribution is 0.419. The predicted molar refractivity (Wildman–Crippen MR) is 86.4 cm³/mol. The Morgan fingerprint density at radius 2 is 2.00 bits per heavy atom. The van der Waals surface area contributed by atoms with Crippen molar-refractivity contribution >= 4 is 0 Å². The van der Waals surface area contributed by atoms with Crippen LogP contribution in [0.1, 0.15) is 55.0 Å². The van der Waals surface area contributed by atoms with Gasteiger partial charge in [-0.15, -0.1) is 0 Å². The molecule has 21 heavy (non-hydrogen) atoms. The molecule has 3 rings (SSSR count). The van der Waals surface area contributed by atoms with E-state index >= 15 is 0 Å². The van der Waals surface area contributed by atoms with Crippen LogP contribution in [0.5, 0.6) is 5.75 Å². The van der Waals surface area contributed by atoms with E-state index < -0.39 is 0 Å². The third kappa shape index (κ3) is 3.11. The van der Waals surface area contributed by atoms with Gasteiger partial charge in [0.25, 0.3) is 0 Å². The van der Waals surface area contributed by atoms with E-state index in [2.05, 4.69) is 48.6 Å². The van der Waals surface area contributed by atoms with Gasteiger partial charge in [-0.3, -0.25) is 0 Å². The monoisotopic (exact) mass is 281 g/mol. The Hall–Kier alpha value is -1.80. The number of hydrogen-bond acceptors (Lipinski definition) is 2. The molecule has 0 aliphatic heterocycles. The topological polar surface area (TPSA) is 32.3 Å². The largest absolute Gasteiger partial charge is 0.508 e. The molecule has 0 saturated carbocycles. The summed E-state index contributed by atoms with van der Waals surface area (Å²) < 4.78 is 0. The van der Waals surface area contributed by atoms with Crippen LogP contribution in [0.15, 0.2) is 48.5 Å². The van der Waals surface area contributed by atoms with Gasteiger partial charge in [0.1, 0.15) is 5.75 Å². The fraction of sp³-hybridized carbons (Fsp3) is 0.368. The highest BCUT2D eigenvalue weighted by atomic mass is 16.3. The van der Waals surface area contributed by atoms with Crippen LogP contribution >= 0.6 is 0 Å². The molecular formula is C19H23NO. The number of phenolic OH excluding ortho intramolecular Hbond substituents is 1. The number of aromatic hydroxyl groups is 1. The molecule has 0 bridgehead atoms. The molecular weight excluding hydrogens is 258 g/mol. The third-order valence-corrected chi connectivity index (χ3v) is 4.39. The molecule has 1 aliphatic carbocycles. The molecule has 0 heterocycles. The van der Waals surface area contributed by atoms with E-state index in [-0.39, 0.29) is 0 Å². The molecule has 2 heteroatoms. The molecule has 0 amide bonds. The lowest BCUT2D eigenvalue weighted by atomic mass is 9.99. The van der Waals surface area contributed by atoms with Crippen molar-refractivity contribution in [3.05, 3.63) is 65.2 Å². The van der Waals surface area contributed by atoms with Gasteiger partial charge in [0.05, 0.1) is 0 Å². The van der Waals surface area contributed by atoms with Gasteiger partial charge < -0.3 is 10.4 Å². The van der Waals surface area contributed by atoms with Crippen LogP contribution in [-0.4, -0.2) is 5.11 Å². The van der Waals surface area contributed by atoms with Crippen molar-refractivity contribution in [2.24, 2.45) is 0 Å². The summed E-state index contributed by atoms with van der Waals surface area (Å²) >= 11 is 0. The average Bonchev–Trinajstić information content (AvgIpc) is 2.90. The van der Waals surface area contributed by atoms with E-state index in [0.29, 0.717) is 17.8 Å². The van der Waals surface area contributed by atoms with Crippen molar-refractivity contribution in [3.8, 4) is 5.75 Å². The number of rotatable bonds is 5. The first-order valence-corrected chi connectivity index (χ1v) is 7.90. The summed E-state index contributed by atoms with van der Waals surface area (Å²) in [7, 11) is 0. The first-order valence-electron chi connectivity index (χ1n) is 7.90. The zero-order valence-electron chi connectivity index (χ0n) is 12.5. The van der Waals surface area contributed by atoms with Crippen molar-refractivity contribution < 1.29 is 5.11 Å². The van der Waals surface area contributed by atoms with Crippen LogP contribution in [0.3, 0.4) is 0 Å². The second kappa shape index (κ2) is 6.31. The second-order valence-corrected chi connectivity index (χ2v) is 5.89. The molecule has 2 unspecified atom stereocenters. The van der Waals surface area contributed by atoms with Gasteiger partial charge in [0.2, 0.25) is 0 Å². The Balaban J connectivity index is 1.79. The van der Waals surface area contributed by atoms with Crippen molar-refractivity contribution in [2.75, 3.05) is 0 Å². The van der Waals surface area contributed by atoms with E-state index in [1.807, 2.05) is 6.07 Å². The summed E-state index contributed by atoms with van der Waals surface area (Å²) in [5, 5.41) is 13.4. The van der Waals surface area contributed by atoms with Crippen LogP contribution in [0, 0.1) is 0 Å². The number of nitrogens with one attached hydrogen (secondary N) is 1. The number of hydrogen-bond donors (Lipinski definition) is 2. The van der Waals surface area contributed by atoms with Crippen molar-refractivity contribution in [2.45, 2.75) is 44.7 Å². The fourth-order valence-electron chi connectivity index (χ4n) is 3.34. The maximum absolute atomic E-state index is 9.61. The fourth-order valence-corrected chi connectivity index (χ4v) is 3.34. The van der Waals surface area contributed by atoms with Crippen molar-refractivity contribution in [3.63, 3.8) is 0 Å². The Morgan fingerprint density at radius 1 is 1.19 bits per heavy atom. The number of phenols is 1. The van der Waals surface area contributed by atoms with E-state index in [9.17, 15) is 5.11 Å². The molecule has 0 spiro atoms. The van der Waals surface area contributed by atoms with E-state index in [4.69, 9.17) is 0 Å². The number of aryl methyl sites for hydroxylation is 1. The van der Waals surface area contributed by atoms with Gasteiger partial charge >= 0.3 is 0 Å². The Labute approximate surface area is 126 Å². The lowest BCUT2D eigenvalue weighted by Crippen LogP contribution is -2.25. The summed E-state index contributed by atoms with van der Waals surface area (Å²) in [4.78, 5) is 0. The zero-order valence-corrected chi connectivity index (χ0v) is 12.5. The molecule has 2 nitrogen and oxygen atoms in total. The molecule has 0 fully saturated rings. The van der Waals surface area contributed by atoms with Gasteiger partial charge in [-0.2, -0.15) is 0 Å². The summed E-state index contributed by atoms with van der Waals surface area (Å²) in [6.45, 7) is 2.23. The van der Waals surface area contributed by atoms with Gasteiger partial charge in [-0.25, -0.2) is 0 Å². The highest BCUT2D eigenvalue weighted by Crippen LogP contribution is 2.35. The van der Waals surface area contributed by atoms with E-state index in [1.165, 1.54) is 23.1 Å². The minimum absolute atomic E-state index is 0.377. The van der Waals surface area contributed by atoms with Gasteiger partial charge in [0, 0.05) is 12.1 Å². The molecule has 110 valence electrons. The van der Waals surface area contributed by atoms with Crippen LogP contribution in [0.4, 0.5) is 0 Å². The van der Waals surface area contributed by atoms with Crippen molar-refractivity contribution in [1.29, 1.82) is 0 Å². The van der Waals surface area contributed by atoms with E-state index in [0.717, 1.165) is 19.3 Å². The quantitative estimate of drug-likeness (QED) is 0.845. The zero-order chi connectivity index (χ0) is 14.7. The molecule has 2 aromatic rings. The molecule has 2 aromatic carbocycles. The predicted octanol–water partition coefficient (Wildman–Crippen LogP) is 4.51. The summed E-state index contributed by atoms with van der Waals surface area (Å²) in [6.07, 6.45) is 4.48. The molecule has 0 radical (unpaired) electrons. The normalized spacial score (nSPS) is 18.4. The highest BCUT2D eigenvalue weighted by molar-refractivity contribution is 5.40. The molecule has 1 aliphatic rings. The molecule has 2 atom stereocenters. The number of fused-ring (bicyclic) bond motifs is 1. The third-order valence-electron chi connectivity index (χ3n) is 4.39. The van der Waals surface area contributed by atoms with Gasteiger partial charge in [0.15, 0.2) is 0 Å². The Morgan fingerprint density at radius 3 is 2.76 bits per heavy atom. The lowest BCUT2D eigenvalue weighted by Gasteiger charge is -2.24. The minimum atomic E-state index is 0.377. The Kier molecular flexibility index (Phi) is 4.26. The highest BCUT2D eigenvalue weighted by Gasteiger charge is 2.25. The summed E-state index contributed by atoms with van der Waals surface area (Å²) in [6, 6.07) is 17.3. The van der Waals surface area contributed by atoms with Crippen LogP contribution in [-0.2, 0) is 6.42 Å². The minimum Gasteiger partial charge on any atom is -0.508 e. The van der Waals surface area contributed by atoms with E-state index in [1.54, 1.807) is 6.07 Å². The first kappa shape index (κ1) is 14.2. The average molecular weight is 281 g/mol. The standard InChI is InChI=1S/C19H23NO/c1-2-6-18(14-7-4-3-5-8-14)20-19-12-9-15-13-16(21)10-11-17(15)19/h3-5,7-8,10-11,13,18-21H,2,6,9,12H2,1H3. The smallest absolute Gasteiger partial charge is 0.115 e. The molecule has 0 aromatic heterocycles. The van der Waals surface area contributed by atoms with Crippen LogP contribution in [0.2, 0.25) is 0 Å². The number of benzene rings is 2. The van der Waals surface area contributed by atoms with Gasteiger partial charge in [-0.05, 0) is 48.1 Å². The van der Waals surface area contributed by atoms with Gasteiger partial charge in [-0.1, -0.05) is 49.7 Å². The summed E-state index contributed by atoms with van der Waals surface area (Å²) in [5.41, 5.74) is 4.01. The van der Waals surface area contributed by atoms with Crippen molar-refractivity contribution in [1.82, 2.24) is 5.32 Å². The maximum atomic E-state index is 9.61.